The molecule has 0 aliphatic rings. The quantitative estimate of drug-likeness (QED) is 0.819. The molecule has 74 valence electrons. The minimum Gasteiger partial charge on any atom is -0.340 e. The Morgan fingerprint density at radius 3 is 2.71 bits per heavy atom. The van der Waals surface area contributed by atoms with Crippen LogP contribution in [0.25, 0.3) is 0 Å². The molecule has 0 aliphatic heterocycles. The first-order chi connectivity index (χ1) is 6.66. The number of hydrogen-bond acceptors (Lipinski definition) is 5. The Kier molecular flexibility index (Phi) is 2.35. The molecule has 0 saturated carbocycles. The van der Waals surface area contributed by atoms with E-state index in [9.17, 15) is 0 Å². The smallest absolute Gasteiger partial charge is 0.223 e. The third-order valence-electron chi connectivity index (χ3n) is 1.89. The molecule has 2 N–H and O–H groups in total. The second-order valence-electron chi connectivity index (χ2n) is 3.10. The molecule has 0 saturated heterocycles. The van der Waals surface area contributed by atoms with Gasteiger partial charge >= 0.3 is 0 Å². The van der Waals surface area contributed by atoms with E-state index in [0.29, 0.717) is 11.7 Å². The van der Waals surface area contributed by atoms with E-state index in [1.807, 2.05) is 19.1 Å². The van der Waals surface area contributed by atoms with Crippen LogP contribution in [0.2, 0.25) is 0 Å². The van der Waals surface area contributed by atoms with Crippen LogP contribution in [0, 0.1) is 13.8 Å². The maximum atomic E-state index is 5.97. The summed E-state index contributed by atoms with van der Waals surface area (Å²) in [5.74, 6) is 1.09. The SMILES string of the molecule is Cc1nc(C(N)c2ccc(C)s2)no1. The summed E-state index contributed by atoms with van der Waals surface area (Å²) < 4.78 is 4.88. The van der Waals surface area contributed by atoms with E-state index in [2.05, 4.69) is 10.1 Å². The van der Waals surface area contributed by atoms with Crippen LogP contribution >= 0.6 is 11.3 Å². The van der Waals surface area contributed by atoms with Gasteiger partial charge in [-0.3, -0.25) is 0 Å². The fourth-order valence-corrected chi connectivity index (χ4v) is 2.07. The van der Waals surface area contributed by atoms with Crippen molar-refractivity contribution in [3.63, 3.8) is 0 Å². The normalized spacial score (nSPS) is 13.1. The summed E-state index contributed by atoms with van der Waals surface area (Å²) in [4.78, 5) is 6.39. The number of aryl methyl sites for hydroxylation is 2. The van der Waals surface area contributed by atoms with Crippen LogP contribution in [0.3, 0.4) is 0 Å². The van der Waals surface area contributed by atoms with Crippen molar-refractivity contribution < 1.29 is 4.52 Å². The number of thiophene rings is 1. The van der Waals surface area contributed by atoms with Gasteiger partial charge in [0.15, 0.2) is 5.82 Å². The summed E-state index contributed by atoms with van der Waals surface area (Å²) in [6, 6.07) is 3.76. The van der Waals surface area contributed by atoms with Gasteiger partial charge in [-0.15, -0.1) is 11.3 Å². The van der Waals surface area contributed by atoms with Gasteiger partial charge in [0.2, 0.25) is 5.89 Å². The molecule has 2 aromatic heterocycles. The van der Waals surface area contributed by atoms with Crippen molar-refractivity contribution in [1.82, 2.24) is 10.1 Å². The average molecular weight is 209 g/mol. The molecule has 4 nitrogen and oxygen atoms in total. The zero-order valence-corrected chi connectivity index (χ0v) is 8.84. The highest BCUT2D eigenvalue weighted by atomic mass is 32.1. The highest BCUT2D eigenvalue weighted by Crippen LogP contribution is 2.24. The van der Waals surface area contributed by atoms with Gasteiger partial charge < -0.3 is 10.3 Å². The molecule has 0 fully saturated rings. The molecular formula is C9H11N3OS. The Balaban J connectivity index is 2.28. The molecule has 5 heteroatoms. The van der Waals surface area contributed by atoms with E-state index in [4.69, 9.17) is 10.3 Å². The Hall–Kier alpha value is -1.20. The fraction of sp³-hybridized carbons (Fsp3) is 0.333. The molecule has 2 heterocycles. The van der Waals surface area contributed by atoms with Crippen molar-refractivity contribution in [3.8, 4) is 0 Å². The summed E-state index contributed by atoms with van der Waals surface area (Å²) in [6.45, 7) is 3.80. The van der Waals surface area contributed by atoms with E-state index in [0.717, 1.165) is 4.88 Å². The molecule has 2 rings (SSSR count). The summed E-state index contributed by atoms with van der Waals surface area (Å²) in [6.07, 6.45) is 0. The Labute approximate surface area is 85.7 Å². The minimum atomic E-state index is -0.272. The van der Waals surface area contributed by atoms with Crippen LogP contribution in [-0.2, 0) is 0 Å². The van der Waals surface area contributed by atoms with Gasteiger partial charge in [0.1, 0.15) is 6.04 Å². The molecule has 0 bridgehead atoms. The number of nitrogens with zero attached hydrogens (tertiary/aromatic N) is 2. The van der Waals surface area contributed by atoms with Gasteiger partial charge in [-0.1, -0.05) is 5.16 Å². The Bertz CT molecular complexity index is 394. The molecule has 0 aliphatic carbocycles. The van der Waals surface area contributed by atoms with Gasteiger partial charge in [0.05, 0.1) is 0 Å². The summed E-state index contributed by atoms with van der Waals surface area (Å²) in [5.41, 5.74) is 5.97. The predicted molar refractivity (Wildman–Crippen MR) is 54.1 cm³/mol. The number of nitrogens with two attached hydrogens (primary N) is 1. The maximum absolute atomic E-state index is 5.97. The molecule has 2 aromatic rings. The van der Waals surface area contributed by atoms with Gasteiger partial charge in [0, 0.05) is 16.7 Å². The topological polar surface area (TPSA) is 64.9 Å². The molecule has 1 atom stereocenters. The molecule has 14 heavy (non-hydrogen) atoms. The summed E-state index contributed by atoms with van der Waals surface area (Å²) in [7, 11) is 0. The molecule has 0 amide bonds. The van der Waals surface area contributed by atoms with E-state index in [-0.39, 0.29) is 6.04 Å². The molecule has 1 unspecified atom stereocenters. The third kappa shape index (κ3) is 1.69. The fourth-order valence-electron chi connectivity index (χ4n) is 1.19. The van der Waals surface area contributed by atoms with Crippen LogP contribution in [0.15, 0.2) is 16.7 Å². The summed E-state index contributed by atoms with van der Waals surface area (Å²) in [5, 5.41) is 3.80. The highest BCUT2D eigenvalue weighted by molar-refractivity contribution is 7.12. The number of hydrogen-bond donors (Lipinski definition) is 1. The van der Waals surface area contributed by atoms with Crippen LogP contribution in [0.5, 0.6) is 0 Å². The Morgan fingerprint density at radius 2 is 2.21 bits per heavy atom. The lowest BCUT2D eigenvalue weighted by Crippen LogP contribution is -2.11. The second kappa shape index (κ2) is 3.51. The highest BCUT2D eigenvalue weighted by Gasteiger charge is 2.16. The lowest BCUT2D eigenvalue weighted by atomic mass is 10.2. The van der Waals surface area contributed by atoms with Gasteiger partial charge in [-0.25, -0.2) is 0 Å². The van der Waals surface area contributed by atoms with Crippen molar-refractivity contribution in [1.29, 1.82) is 0 Å². The zero-order valence-electron chi connectivity index (χ0n) is 8.02. The lowest BCUT2D eigenvalue weighted by Gasteiger charge is -2.01. The second-order valence-corrected chi connectivity index (χ2v) is 4.42. The molecule has 0 radical (unpaired) electrons. The van der Waals surface area contributed by atoms with Gasteiger partial charge in [-0.2, -0.15) is 4.98 Å². The average Bonchev–Trinajstić information content (AvgIpc) is 2.73. The first kappa shape index (κ1) is 9.36. The molecule has 0 spiro atoms. The Morgan fingerprint density at radius 1 is 1.43 bits per heavy atom. The van der Waals surface area contributed by atoms with E-state index in [1.54, 1.807) is 18.3 Å². The van der Waals surface area contributed by atoms with Crippen molar-refractivity contribution in [2.24, 2.45) is 5.73 Å². The van der Waals surface area contributed by atoms with Gasteiger partial charge in [0.25, 0.3) is 0 Å². The van der Waals surface area contributed by atoms with E-state index >= 15 is 0 Å². The first-order valence-electron chi connectivity index (χ1n) is 4.29. The zero-order chi connectivity index (χ0) is 10.1. The van der Waals surface area contributed by atoms with Crippen LogP contribution < -0.4 is 5.73 Å². The third-order valence-corrected chi connectivity index (χ3v) is 2.97. The van der Waals surface area contributed by atoms with Crippen LogP contribution in [-0.4, -0.2) is 10.1 Å². The van der Waals surface area contributed by atoms with E-state index < -0.39 is 0 Å². The largest absolute Gasteiger partial charge is 0.340 e. The maximum Gasteiger partial charge on any atom is 0.223 e. The minimum absolute atomic E-state index is 0.272. The monoisotopic (exact) mass is 209 g/mol. The number of rotatable bonds is 2. The van der Waals surface area contributed by atoms with Crippen molar-refractivity contribution in [2.75, 3.05) is 0 Å². The van der Waals surface area contributed by atoms with Crippen molar-refractivity contribution >= 4 is 11.3 Å². The van der Waals surface area contributed by atoms with Crippen molar-refractivity contribution in [3.05, 3.63) is 33.6 Å². The standard InChI is InChI=1S/C9H11N3OS/c1-5-3-4-7(14-5)8(10)9-11-6(2)13-12-9/h3-4,8H,10H2,1-2H3. The van der Waals surface area contributed by atoms with Crippen molar-refractivity contribution in [2.45, 2.75) is 19.9 Å². The first-order valence-corrected chi connectivity index (χ1v) is 5.10. The van der Waals surface area contributed by atoms with Gasteiger partial charge in [-0.05, 0) is 19.1 Å². The molecular weight excluding hydrogens is 198 g/mol. The lowest BCUT2D eigenvalue weighted by molar-refractivity contribution is 0.385. The van der Waals surface area contributed by atoms with Crippen LogP contribution in [0.1, 0.15) is 27.5 Å². The summed E-state index contributed by atoms with van der Waals surface area (Å²) >= 11 is 1.65. The predicted octanol–water partition coefficient (Wildman–Crippen LogP) is 1.80. The number of aromatic nitrogens is 2. The van der Waals surface area contributed by atoms with E-state index in [1.165, 1.54) is 4.88 Å². The molecule has 0 aromatic carbocycles. The van der Waals surface area contributed by atoms with Crippen LogP contribution in [0.4, 0.5) is 0 Å².